The third kappa shape index (κ3) is 3.76. The van der Waals surface area contributed by atoms with Gasteiger partial charge >= 0.3 is 0 Å². The third-order valence-corrected chi connectivity index (χ3v) is 3.02. The largest absolute Gasteiger partial charge is 0.381 e. The van der Waals surface area contributed by atoms with E-state index in [0.29, 0.717) is 5.92 Å². The standard InChI is InChI=1S/C11H20BrNO2/c1-4-13(10(14)11(2,3)12)7-9-5-6-15-8-9/h9H,4-8H2,1-3H3. The molecule has 3 nitrogen and oxygen atoms in total. The second kappa shape index (κ2) is 5.30. The second-order valence-electron chi connectivity index (χ2n) is 4.55. The summed E-state index contributed by atoms with van der Waals surface area (Å²) < 4.78 is 4.86. The molecule has 1 atom stereocenters. The van der Waals surface area contributed by atoms with E-state index in [2.05, 4.69) is 15.9 Å². The minimum Gasteiger partial charge on any atom is -0.381 e. The van der Waals surface area contributed by atoms with E-state index in [4.69, 9.17) is 4.74 Å². The molecule has 0 aliphatic carbocycles. The van der Waals surface area contributed by atoms with Crippen LogP contribution in [0.4, 0.5) is 0 Å². The van der Waals surface area contributed by atoms with Crippen molar-refractivity contribution in [2.45, 2.75) is 31.5 Å². The van der Waals surface area contributed by atoms with Crippen LogP contribution in [0.1, 0.15) is 27.2 Å². The summed E-state index contributed by atoms with van der Waals surface area (Å²) in [5.74, 6) is 0.681. The highest BCUT2D eigenvalue weighted by atomic mass is 79.9. The molecule has 1 aliphatic rings. The van der Waals surface area contributed by atoms with Crippen molar-refractivity contribution < 1.29 is 9.53 Å². The predicted octanol–water partition coefficient (Wildman–Crippen LogP) is 2.04. The first-order valence-corrected chi connectivity index (χ1v) is 6.30. The Hall–Kier alpha value is -0.0900. The van der Waals surface area contributed by atoms with Crippen LogP contribution in [-0.2, 0) is 9.53 Å². The average Bonchev–Trinajstić information content (AvgIpc) is 2.64. The van der Waals surface area contributed by atoms with Crippen LogP contribution in [0.25, 0.3) is 0 Å². The Bertz CT molecular complexity index is 219. The van der Waals surface area contributed by atoms with E-state index in [9.17, 15) is 4.79 Å². The lowest BCUT2D eigenvalue weighted by molar-refractivity contribution is -0.133. The van der Waals surface area contributed by atoms with Crippen LogP contribution in [0.15, 0.2) is 0 Å². The van der Waals surface area contributed by atoms with Crippen molar-refractivity contribution in [3.63, 3.8) is 0 Å². The van der Waals surface area contributed by atoms with Crippen molar-refractivity contribution in [1.82, 2.24) is 4.90 Å². The molecular formula is C11H20BrNO2. The number of hydrogen-bond donors (Lipinski definition) is 0. The fourth-order valence-electron chi connectivity index (χ4n) is 1.77. The number of carbonyl (C=O) groups excluding carboxylic acids is 1. The maximum absolute atomic E-state index is 12.0. The first-order valence-electron chi connectivity index (χ1n) is 5.51. The number of rotatable bonds is 4. The fourth-order valence-corrected chi connectivity index (χ4v) is 2.02. The van der Waals surface area contributed by atoms with E-state index in [-0.39, 0.29) is 5.91 Å². The Morgan fingerprint density at radius 3 is 2.67 bits per heavy atom. The highest BCUT2D eigenvalue weighted by Gasteiger charge is 2.30. The van der Waals surface area contributed by atoms with Gasteiger partial charge in [-0.15, -0.1) is 0 Å². The van der Waals surface area contributed by atoms with Gasteiger partial charge in [0.15, 0.2) is 0 Å². The number of nitrogens with zero attached hydrogens (tertiary/aromatic N) is 1. The summed E-state index contributed by atoms with van der Waals surface area (Å²) >= 11 is 3.41. The molecular weight excluding hydrogens is 258 g/mol. The highest BCUT2D eigenvalue weighted by molar-refractivity contribution is 9.10. The molecule has 15 heavy (non-hydrogen) atoms. The monoisotopic (exact) mass is 277 g/mol. The van der Waals surface area contributed by atoms with Crippen molar-refractivity contribution in [3.8, 4) is 0 Å². The Balaban J connectivity index is 2.51. The third-order valence-electron chi connectivity index (χ3n) is 2.68. The quantitative estimate of drug-likeness (QED) is 0.737. The molecule has 1 saturated heterocycles. The lowest BCUT2D eigenvalue weighted by atomic mass is 10.1. The van der Waals surface area contributed by atoms with Crippen molar-refractivity contribution in [2.24, 2.45) is 5.92 Å². The smallest absolute Gasteiger partial charge is 0.238 e. The summed E-state index contributed by atoms with van der Waals surface area (Å²) in [6.45, 7) is 9.04. The van der Waals surface area contributed by atoms with Gasteiger partial charge in [-0.2, -0.15) is 0 Å². The van der Waals surface area contributed by atoms with Gasteiger partial charge in [-0.1, -0.05) is 15.9 Å². The molecule has 1 rings (SSSR count). The highest BCUT2D eigenvalue weighted by Crippen LogP contribution is 2.21. The van der Waals surface area contributed by atoms with Gasteiger partial charge in [0, 0.05) is 25.6 Å². The molecule has 1 unspecified atom stereocenters. The number of halogens is 1. The zero-order valence-corrected chi connectivity index (χ0v) is 11.3. The van der Waals surface area contributed by atoms with E-state index in [0.717, 1.165) is 32.7 Å². The van der Waals surface area contributed by atoms with E-state index >= 15 is 0 Å². The molecule has 0 radical (unpaired) electrons. The molecule has 0 bridgehead atoms. The van der Waals surface area contributed by atoms with Gasteiger partial charge in [0.05, 0.1) is 10.9 Å². The van der Waals surface area contributed by atoms with Crippen LogP contribution in [-0.4, -0.2) is 41.4 Å². The number of carbonyl (C=O) groups is 1. The number of ether oxygens (including phenoxy) is 1. The Morgan fingerprint density at radius 2 is 2.27 bits per heavy atom. The molecule has 0 saturated carbocycles. The number of hydrogen-bond acceptors (Lipinski definition) is 2. The molecule has 1 amide bonds. The first-order chi connectivity index (χ1) is 6.95. The molecule has 1 aliphatic heterocycles. The van der Waals surface area contributed by atoms with Gasteiger partial charge in [-0.05, 0) is 27.2 Å². The van der Waals surface area contributed by atoms with E-state index in [1.165, 1.54) is 0 Å². The summed E-state index contributed by atoms with van der Waals surface area (Å²) in [7, 11) is 0. The molecule has 0 aromatic carbocycles. The molecule has 4 heteroatoms. The van der Waals surface area contributed by atoms with Crippen LogP contribution in [0.5, 0.6) is 0 Å². The van der Waals surface area contributed by atoms with Gasteiger partial charge in [0.2, 0.25) is 5.91 Å². The zero-order chi connectivity index (χ0) is 11.5. The van der Waals surface area contributed by atoms with Crippen LogP contribution in [0.3, 0.4) is 0 Å². The van der Waals surface area contributed by atoms with Crippen LogP contribution >= 0.6 is 15.9 Å². The molecule has 0 aromatic heterocycles. The SMILES string of the molecule is CCN(CC1CCOC1)C(=O)C(C)(C)Br. The molecule has 88 valence electrons. The van der Waals surface area contributed by atoms with Gasteiger partial charge in [-0.3, -0.25) is 4.79 Å². The van der Waals surface area contributed by atoms with Crippen LogP contribution in [0.2, 0.25) is 0 Å². The molecule has 1 heterocycles. The summed E-state index contributed by atoms with van der Waals surface area (Å²) in [6, 6.07) is 0. The molecule has 0 spiro atoms. The first kappa shape index (κ1) is 13.0. The lowest BCUT2D eigenvalue weighted by Crippen LogP contribution is -2.44. The van der Waals surface area contributed by atoms with E-state index < -0.39 is 4.32 Å². The van der Waals surface area contributed by atoms with Crippen LogP contribution in [0, 0.1) is 5.92 Å². The van der Waals surface area contributed by atoms with Gasteiger partial charge in [-0.25, -0.2) is 0 Å². The number of alkyl halides is 1. The Kier molecular flexibility index (Phi) is 4.59. The second-order valence-corrected chi connectivity index (χ2v) is 6.53. The normalized spacial score (nSPS) is 21.7. The Labute approximate surface area is 100 Å². The molecule has 0 N–H and O–H groups in total. The number of amides is 1. The van der Waals surface area contributed by atoms with Crippen LogP contribution < -0.4 is 0 Å². The maximum Gasteiger partial charge on any atom is 0.238 e. The molecule has 1 fully saturated rings. The fraction of sp³-hybridized carbons (Fsp3) is 0.909. The van der Waals surface area contributed by atoms with Crippen molar-refractivity contribution >= 4 is 21.8 Å². The van der Waals surface area contributed by atoms with E-state index in [1.807, 2.05) is 25.7 Å². The summed E-state index contributed by atoms with van der Waals surface area (Å²) in [5.41, 5.74) is 0. The summed E-state index contributed by atoms with van der Waals surface area (Å²) in [6.07, 6.45) is 1.08. The van der Waals surface area contributed by atoms with Gasteiger partial charge in [0.25, 0.3) is 0 Å². The average molecular weight is 278 g/mol. The topological polar surface area (TPSA) is 29.5 Å². The van der Waals surface area contributed by atoms with Gasteiger partial charge < -0.3 is 9.64 Å². The summed E-state index contributed by atoms with van der Waals surface area (Å²) in [4.78, 5) is 13.9. The summed E-state index contributed by atoms with van der Waals surface area (Å²) in [5, 5.41) is 0. The zero-order valence-electron chi connectivity index (χ0n) is 9.75. The predicted molar refractivity (Wildman–Crippen MR) is 64.2 cm³/mol. The minimum atomic E-state index is -0.456. The maximum atomic E-state index is 12.0. The lowest BCUT2D eigenvalue weighted by Gasteiger charge is -2.29. The van der Waals surface area contributed by atoms with Crippen molar-refractivity contribution in [3.05, 3.63) is 0 Å². The minimum absolute atomic E-state index is 0.164. The van der Waals surface area contributed by atoms with Crippen molar-refractivity contribution in [1.29, 1.82) is 0 Å². The Morgan fingerprint density at radius 1 is 1.60 bits per heavy atom. The van der Waals surface area contributed by atoms with E-state index in [1.54, 1.807) is 0 Å². The molecule has 0 aromatic rings. The van der Waals surface area contributed by atoms with Gasteiger partial charge in [0.1, 0.15) is 0 Å². The van der Waals surface area contributed by atoms with Crippen molar-refractivity contribution in [2.75, 3.05) is 26.3 Å².